The molecule has 0 spiro atoms. The van der Waals surface area contributed by atoms with Crippen LogP contribution in [0.2, 0.25) is 0 Å². The molecule has 3 N–H and O–H groups in total. The molecule has 0 aromatic heterocycles. The van der Waals surface area contributed by atoms with E-state index in [2.05, 4.69) is 26.6 Å². The first-order valence-electron chi connectivity index (χ1n) is 9.29. The van der Waals surface area contributed by atoms with E-state index in [1.807, 2.05) is 37.3 Å². The largest absolute Gasteiger partial charge is 0.493 e. The molecule has 0 saturated carbocycles. The molecule has 0 unspecified atom stereocenters. The van der Waals surface area contributed by atoms with Gasteiger partial charge in [0.05, 0.1) is 26.9 Å². The first-order chi connectivity index (χ1) is 14.0. The second kappa shape index (κ2) is 12.4. The van der Waals surface area contributed by atoms with Crippen LogP contribution in [0.4, 0.5) is 5.69 Å². The summed E-state index contributed by atoms with van der Waals surface area (Å²) in [5, 5.41) is 14.8. The summed E-state index contributed by atoms with van der Waals surface area (Å²) in [5.74, 6) is 0.793. The number of amides is 1. The van der Waals surface area contributed by atoms with Crippen molar-refractivity contribution in [1.82, 2.24) is 5.32 Å². The monoisotopic (exact) mass is 466 g/mol. The van der Waals surface area contributed by atoms with E-state index < -0.39 is 0 Å². The number of carbonyl (C=O) groups excluding carboxylic acids is 1. The zero-order chi connectivity index (χ0) is 21.1. The van der Waals surface area contributed by atoms with Crippen molar-refractivity contribution in [3.05, 3.63) is 52.0 Å². The van der Waals surface area contributed by atoms with Crippen molar-refractivity contribution in [2.45, 2.75) is 13.5 Å². The van der Waals surface area contributed by atoms with E-state index >= 15 is 0 Å². The lowest BCUT2D eigenvalue weighted by atomic mass is 10.2. The molecule has 0 aliphatic carbocycles. The minimum atomic E-state index is -0.257. The number of hydrogen-bond donors (Lipinski definition) is 3. The van der Waals surface area contributed by atoms with E-state index in [1.165, 1.54) is 0 Å². The average Bonchev–Trinajstić information content (AvgIpc) is 2.72. The predicted octanol–water partition coefficient (Wildman–Crippen LogP) is 2.88. The summed E-state index contributed by atoms with van der Waals surface area (Å²) in [6.45, 7) is 3.75. The number of carbonyl (C=O) groups is 1. The summed E-state index contributed by atoms with van der Waals surface area (Å²) in [6.07, 6.45) is 0. The number of rotatable bonds is 12. The standard InChI is InChI=1S/C21H27BrN2O5/c1-15-3-5-16(6-4-15)24-20(26)14-29-21-17(13-23-9-11-28-12-10-25)18(22)7-8-19(21)27-2/h3-8,23,25H,9-14H2,1-2H3,(H,24,26). The highest BCUT2D eigenvalue weighted by Crippen LogP contribution is 2.36. The van der Waals surface area contributed by atoms with Crippen LogP contribution in [0.25, 0.3) is 0 Å². The van der Waals surface area contributed by atoms with Crippen molar-refractivity contribution in [3.63, 3.8) is 0 Å². The highest BCUT2D eigenvalue weighted by atomic mass is 79.9. The number of hydrogen-bond acceptors (Lipinski definition) is 6. The van der Waals surface area contributed by atoms with Crippen molar-refractivity contribution < 1.29 is 24.1 Å². The molecule has 0 aliphatic heterocycles. The number of aliphatic hydroxyl groups excluding tert-OH is 1. The maximum absolute atomic E-state index is 12.3. The van der Waals surface area contributed by atoms with Gasteiger partial charge < -0.3 is 30.0 Å². The van der Waals surface area contributed by atoms with Crippen LogP contribution in [0.3, 0.4) is 0 Å². The van der Waals surface area contributed by atoms with Gasteiger partial charge in [-0.2, -0.15) is 0 Å². The molecule has 0 radical (unpaired) electrons. The molecule has 2 rings (SSSR count). The van der Waals surface area contributed by atoms with Crippen molar-refractivity contribution in [2.24, 2.45) is 0 Å². The van der Waals surface area contributed by atoms with Gasteiger partial charge >= 0.3 is 0 Å². The zero-order valence-electron chi connectivity index (χ0n) is 16.7. The lowest BCUT2D eigenvalue weighted by Crippen LogP contribution is -2.23. The van der Waals surface area contributed by atoms with Gasteiger partial charge in [-0.15, -0.1) is 0 Å². The van der Waals surface area contributed by atoms with E-state index in [0.29, 0.717) is 37.8 Å². The van der Waals surface area contributed by atoms with Gasteiger partial charge in [-0.25, -0.2) is 0 Å². The van der Waals surface area contributed by atoms with Crippen LogP contribution in [0, 0.1) is 6.92 Å². The first kappa shape index (κ1) is 23.2. The van der Waals surface area contributed by atoms with Gasteiger partial charge in [-0.1, -0.05) is 33.6 Å². The first-order valence-corrected chi connectivity index (χ1v) is 10.1. The van der Waals surface area contributed by atoms with Crippen molar-refractivity contribution in [3.8, 4) is 11.5 Å². The Morgan fingerprint density at radius 1 is 1.14 bits per heavy atom. The Balaban J connectivity index is 1.98. The van der Waals surface area contributed by atoms with Crippen LogP contribution in [-0.2, 0) is 16.1 Å². The summed E-state index contributed by atoms with van der Waals surface area (Å²) in [7, 11) is 1.56. The molecule has 0 heterocycles. The molecule has 0 atom stereocenters. The van der Waals surface area contributed by atoms with Gasteiger partial charge in [-0.05, 0) is 31.2 Å². The van der Waals surface area contributed by atoms with Crippen LogP contribution in [0.5, 0.6) is 11.5 Å². The van der Waals surface area contributed by atoms with Gasteiger partial charge in [-0.3, -0.25) is 4.79 Å². The summed E-state index contributed by atoms with van der Waals surface area (Å²) in [4.78, 5) is 12.3. The number of nitrogens with one attached hydrogen (secondary N) is 2. The third kappa shape index (κ3) is 7.66. The number of anilines is 1. The molecule has 2 aromatic rings. The fourth-order valence-corrected chi connectivity index (χ4v) is 3.01. The Bertz CT molecular complexity index is 783. The van der Waals surface area contributed by atoms with Crippen molar-refractivity contribution in [2.75, 3.05) is 45.4 Å². The maximum Gasteiger partial charge on any atom is 0.262 e. The summed E-state index contributed by atoms with van der Waals surface area (Å²) >= 11 is 3.53. The molecule has 0 aliphatic rings. The SMILES string of the molecule is COc1ccc(Br)c(CNCCOCCO)c1OCC(=O)Nc1ccc(C)cc1. The molecule has 0 saturated heterocycles. The summed E-state index contributed by atoms with van der Waals surface area (Å²) in [6, 6.07) is 11.2. The Hall–Kier alpha value is -2.13. The topological polar surface area (TPSA) is 89.1 Å². The number of aryl methyl sites for hydroxylation is 1. The van der Waals surface area contributed by atoms with Crippen molar-refractivity contribution in [1.29, 1.82) is 0 Å². The fourth-order valence-electron chi connectivity index (χ4n) is 2.56. The quantitative estimate of drug-likeness (QED) is 0.416. The van der Waals surface area contributed by atoms with Crippen LogP contribution >= 0.6 is 15.9 Å². The number of methoxy groups -OCH3 is 1. The van der Waals surface area contributed by atoms with Gasteiger partial charge in [0, 0.05) is 28.8 Å². The second-order valence-corrected chi connectivity index (χ2v) is 7.13. The highest BCUT2D eigenvalue weighted by Gasteiger charge is 2.16. The van der Waals surface area contributed by atoms with Crippen LogP contribution in [0.1, 0.15) is 11.1 Å². The third-order valence-electron chi connectivity index (χ3n) is 4.03. The minimum absolute atomic E-state index is 0.00404. The summed E-state index contributed by atoms with van der Waals surface area (Å²) in [5.41, 5.74) is 2.68. The molecule has 2 aromatic carbocycles. The molecular weight excluding hydrogens is 440 g/mol. The van der Waals surface area contributed by atoms with E-state index in [9.17, 15) is 4.79 Å². The zero-order valence-corrected chi connectivity index (χ0v) is 18.3. The molecule has 1 amide bonds. The van der Waals surface area contributed by atoms with E-state index in [1.54, 1.807) is 13.2 Å². The highest BCUT2D eigenvalue weighted by molar-refractivity contribution is 9.10. The Labute approximate surface area is 179 Å². The smallest absolute Gasteiger partial charge is 0.262 e. The van der Waals surface area contributed by atoms with E-state index in [-0.39, 0.29) is 19.1 Å². The van der Waals surface area contributed by atoms with E-state index in [0.717, 1.165) is 21.3 Å². The average molecular weight is 467 g/mol. The Morgan fingerprint density at radius 3 is 2.59 bits per heavy atom. The second-order valence-electron chi connectivity index (χ2n) is 6.27. The van der Waals surface area contributed by atoms with Gasteiger partial charge in [0.2, 0.25) is 0 Å². The van der Waals surface area contributed by atoms with Crippen LogP contribution in [0.15, 0.2) is 40.9 Å². The fraction of sp³-hybridized carbons (Fsp3) is 0.381. The number of aliphatic hydroxyl groups is 1. The van der Waals surface area contributed by atoms with Crippen LogP contribution in [-0.4, -0.2) is 51.1 Å². The molecular formula is C21H27BrN2O5. The third-order valence-corrected chi connectivity index (χ3v) is 4.77. The minimum Gasteiger partial charge on any atom is -0.493 e. The number of ether oxygens (including phenoxy) is 3. The lowest BCUT2D eigenvalue weighted by molar-refractivity contribution is -0.118. The molecule has 158 valence electrons. The molecule has 7 nitrogen and oxygen atoms in total. The molecule has 8 heteroatoms. The van der Waals surface area contributed by atoms with E-state index in [4.69, 9.17) is 19.3 Å². The Kier molecular flexibility index (Phi) is 9.93. The van der Waals surface area contributed by atoms with Gasteiger partial charge in [0.1, 0.15) is 0 Å². The number of halogens is 1. The van der Waals surface area contributed by atoms with Gasteiger partial charge in [0.25, 0.3) is 5.91 Å². The molecule has 0 fully saturated rings. The molecule has 0 bridgehead atoms. The van der Waals surface area contributed by atoms with Crippen molar-refractivity contribution >= 4 is 27.5 Å². The predicted molar refractivity (Wildman–Crippen MR) is 116 cm³/mol. The summed E-state index contributed by atoms with van der Waals surface area (Å²) < 4.78 is 17.3. The van der Waals surface area contributed by atoms with Gasteiger partial charge in [0.15, 0.2) is 18.1 Å². The maximum atomic E-state index is 12.3. The Morgan fingerprint density at radius 2 is 1.90 bits per heavy atom. The molecule has 29 heavy (non-hydrogen) atoms. The lowest BCUT2D eigenvalue weighted by Gasteiger charge is -2.17. The normalized spacial score (nSPS) is 10.6. The number of benzene rings is 2. The van der Waals surface area contributed by atoms with Crippen LogP contribution < -0.4 is 20.1 Å².